The topological polar surface area (TPSA) is 29.5 Å². The smallest absolute Gasteiger partial charge is 0.135 e. The van der Waals surface area contributed by atoms with Crippen LogP contribution in [0.25, 0.3) is 55.0 Å². The normalized spacial score (nSPS) is 13.2. The summed E-state index contributed by atoms with van der Waals surface area (Å²) in [5, 5.41) is 4.39. The van der Waals surface area contributed by atoms with Crippen LogP contribution in [0.3, 0.4) is 0 Å². The Morgan fingerprint density at radius 1 is 0.327 bits per heavy atom. The van der Waals surface area contributed by atoms with Crippen LogP contribution in [-0.2, 0) is 5.41 Å². The van der Waals surface area contributed by atoms with Crippen LogP contribution in [-0.4, -0.2) is 0 Å². The van der Waals surface area contributed by atoms with E-state index in [-0.39, 0.29) is 0 Å². The highest BCUT2D eigenvalue weighted by Gasteiger charge is 2.46. The lowest BCUT2D eigenvalue weighted by Crippen LogP contribution is -2.28. The largest absolute Gasteiger partial charge is 0.456 e. The van der Waals surface area contributed by atoms with Gasteiger partial charge in [-0.05, 0) is 94.0 Å². The van der Waals surface area contributed by atoms with Crippen molar-refractivity contribution in [3.05, 3.63) is 210 Å². The first-order valence-corrected chi connectivity index (χ1v) is 17.8. The molecule has 10 aromatic rings. The monoisotopic (exact) mass is 665 g/mol. The lowest BCUT2D eigenvalue weighted by atomic mass is 9.68. The summed E-state index contributed by atoms with van der Waals surface area (Å²) in [5.41, 5.74) is 13.8. The first-order valence-electron chi connectivity index (χ1n) is 17.8. The zero-order valence-corrected chi connectivity index (χ0v) is 28.2. The average Bonchev–Trinajstić information content (AvgIpc) is 3.87. The van der Waals surface area contributed by atoms with E-state index in [1.54, 1.807) is 0 Å². The van der Waals surface area contributed by atoms with Crippen LogP contribution >= 0.6 is 0 Å². The second-order valence-electron chi connectivity index (χ2n) is 13.7. The SMILES string of the molecule is c1ccc(C2(c3ccccc3)c3ccccc3-c3cc(N(c4ccc5oc6ccccc6c5c4)c4ccc5oc6ccccc6c5c4)ccc32)cc1. The van der Waals surface area contributed by atoms with E-state index in [1.165, 1.54) is 33.4 Å². The summed E-state index contributed by atoms with van der Waals surface area (Å²) in [6, 6.07) is 67.5. The second kappa shape index (κ2) is 11.1. The quantitative estimate of drug-likeness (QED) is 0.183. The summed E-state index contributed by atoms with van der Waals surface area (Å²) in [6.07, 6.45) is 0. The van der Waals surface area contributed by atoms with E-state index >= 15 is 0 Å². The van der Waals surface area contributed by atoms with Crippen molar-refractivity contribution in [3.8, 4) is 11.1 Å². The molecule has 0 unspecified atom stereocenters. The summed E-state index contributed by atoms with van der Waals surface area (Å²) in [7, 11) is 0. The highest BCUT2D eigenvalue weighted by atomic mass is 16.3. The number of fused-ring (bicyclic) bond motifs is 9. The molecule has 11 rings (SSSR count). The Morgan fingerprint density at radius 3 is 1.37 bits per heavy atom. The van der Waals surface area contributed by atoms with Gasteiger partial charge in [0.2, 0.25) is 0 Å². The van der Waals surface area contributed by atoms with Gasteiger partial charge >= 0.3 is 0 Å². The Balaban J connectivity index is 1.18. The molecular weight excluding hydrogens is 635 g/mol. The fourth-order valence-electron chi connectivity index (χ4n) is 8.73. The summed E-state index contributed by atoms with van der Waals surface area (Å²) in [5.74, 6) is 0. The number of benzene rings is 8. The van der Waals surface area contributed by atoms with Crippen molar-refractivity contribution in [1.82, 2.24) is 0 Å². The van der Waals surface area contributed by atoms with Crippen LogP contribution in [0.4, 0.5) is 17.1 Å². The molecule has 3 nitrogen and oxygen atoms in total. The van der Waals surface area contributed by atoms with Crippen LogP contribution in [0.1, 0.15) is 22.3 Å². The molecule has 0 saturated heterocycles. The fourth-order valence-corrected chi connectivity index (χ4v) is 8.73. The molecule has 1 aliphatic rings. The standard InChI is InChI=1S/C49H31NO2/c1-3-13-32(14-4-1)49(33-15-5-2-6-16-33)43-20-10-7-17-37(43)40-29-34(23-26-44(40)49)50(35-24-27-47-41(30-35)38-18-8-11-21-45(38)51-47)36-25-28-48-42(31-36)39-19-9-12-22-46(39)52-48/h1-31H. The van der Waals surface area contributed by atoms with Crippen molar-refractivity contribution in [1.29, 1.82) is 0 Å². The van der Waals surface area contributed by atoms with Gasteiger partial charge in [0.25, 0.3) is 0 Å². The predicted octanol–water partition coefficient (Wildman–Crippen LogP) is 13.3. The highest BCUT2D eigenvalue weighted by molar-refractivity contribution is 6.08. The number of furan rings is 2. The Morgan fingerprint density at radius 2 is 0.769 bits per heavy atom. The van der Waals surface area contributed by atoms with Crippen LogP contribution in [0, 0.1) is 0 Å². The minimum atomic E-state index is -0.457. The number of para-hydroxylation sites is 2. The third kappa shape index (κ3) is 4.08. The first-order chi connectivity index (χ1) is 25.8. The summed E-state index contributed by atoms with van der Waals surface area (Å²) < 4.78 is 12.5. The molecule has 0 atom stereocenters. The average molecular weight is 666 g/mol. The summed E-state index contributed by atoms with van der Waals surface area (Å²) >= 11 is 0. The molecular formula is C49H31NO2. The Kier molecular flexibility index (Phi) is 6.17. The lowest BCUT2D eigenvalue weighted by Gasteiger charge is -2.34. The lowest BCUT2D eigenvalue weighted by molar-refractivity contribution is 0.668. The maximum atomic E-state index is 6.27. The third-order valence-electron chi connectivity index (χ3n) is 10.9. The van der Waals surface area contributed by atoms with Crippen molar-refractivity contribution in [2.24, 2.45) is 0 Å². The molecule has 0 fully saturated rings. The van der Waals surface area contributed by atoms with Gasteiger partial charge in [-0.1, -0.05) is 127 Å². The Bertz CT molecular complexity index is 2820. The molecule has 52 heavy (non-hydrogen) atoms. The third-order valence-corrected chi connectivity index (χ3v) is 10.9. The van der Waals surface area contributed by atoms with E-state index in [0.29, 0.717) is 0 Å². The molecule has 0 amide bonds. The maximum Gasteiger partial charge on any atom is 0.135 e. The van der Waals surface area contributed by atoms with Crippen molar-refractivity contribution >= 4 is 60.9 Å². The number of nitrogens with zero attached hydrogens (tertiary/aromatic N) is 1. The molecule has 2 aromatic heterocycles. The summed E-state index contributed by atoms with van der Waals surface area (Å²) in [6.45, 7) is 0. The van der Waals surface area contributed by atoms with E-state index in [0.717, 1.165) is 60.9 Å². The van der Waals surface area contributed by atoms with Gasteiger partial charge in [0.05, 0.1) is 5.41 Å². The molecule has 3 heteroatoms. The minimum absolute atomic E-state index is 0.457. The summed E-state index contributed by atoms with van der Waals surface area (Å²) in [4.78, 5) is 2.37. The van der Waals surface area contributed by atoms with Gasteiger partial charge in [-0.25, -0.2) is 0 Å². The van der Waals surface area contributed by atoms with Gasteiger partial charge < -0.3 is 13.7 Å². The number of anilines is 3. The number of hydrogen-bond donors (Lipinski definition) is 0. The highest BCUT2D eigenvalue weighted by Crippen LogP contribution is 2.57. The number of rotatable bonds is 5. The molecule has 244 valence electrons. The van der Waals surface area contributed by atoms with Gasteiger partial charge in [-0.3, -0.25) is 0 Å². The van der Waals surface area contributed by atoms with Crippen LogP contribution < -0.4 is 4.90 Å². The molecule has 8 aromatic carbocycles. The predicted molar refractivity (Wildman–Crippen MR) is 213 cm³/mol. The fraction of sp³-hybridized carbons (Fsp3) is 0.0204. The zero-order valence-electron chi connectivity index (χ0n) is 28.2. The number of hydrogen-bond acceptors (Lipinski definition) is 3. The Labute approximate surface area is 300 Å². The zero-order chi connectivity index (χ0) is 34.2. The van der Waals surface area contributed by atoms with Crippen LogP contribution in [0.5, 0.6) is 0 Å². The van der Waals surface area contributed by atoms with Gasteiger partial charge in [0, 0.05) is 38.6 Å². The van der Waals surface area contributed by atoms with Crippen molar-refractivity contribution in [2.75, 3.05) is 4.90 Å². The Hall–Kier alpha value is -6.84. The van der Waals surface area contributed by atoms with Crippen molar-refractivity contribution in [3.63, 3.8) is 0 Å². The van der Waals surface area contributed by atoms with Crippen LogP contribution in [0.2, 0.25) is 0 Å². The van der Waals surface area contributed by atoms with E-state index in [4.69, 9.17) is 8.83 Å². The molecule has 0 N–H and O–H groups in total. The van der Waals surface area contributed by atoms with E-state index in [9.17, 15) is 0 Å². The van der Waals surface area contributed by atoms with E-state index in [2.05, 4.69) is 169 Å². The second-order valence-corrected chi connectivity index (χ2v) is 13.7. The molecule has 0 spiro atoms. The van der Waals surface area contributed by atoms with Gasteiger partial charge in [0.15, 0.2) is 0 Å². The minimum Gasteiger partial charge on any atom is -0.456 e. The maximum absolute atomic E-state index is 6.27. The van der Waals surface area contributed by atoms with Gasteiger partial charge in [-0.15, -0.1) is 0 Å². The molecule has 0 radical (unpaired) electrons. The molecule has 2 heterocycles. The van der Waals surface area contributed by atoms with Gasteiger partial charge in [0.1, 0.15) is 22.3 Å². The molecule has 0 saturated carbocycles. The van der Waals surface area contributed by atoms with Gasteiger partial charge in [-0.2, -0.15) is 0 Å². The van der Waals surface area contributed by atoms with Crippen molar-refractivity contribution < 1.29 is 8.83 Å². The first kappa shape index (κ1) is 28.9. The molecule has 1 aliphatic carbocycles. The molecule has 0 bridgehead atoms. The van der Waals surface area contributed by atoms with Crippen molar-refractivity contribution in [2.45, 2.75) is 5.41 Å². The van der Waals surface area contributed by atoms with E-state index in [1.807, 2.05) is 24.3 Å². The van der Waals surface area contributed by atoms with Crippen LogP contribution in [0.15, 0.2) is 197 Å². The molecule has 0 aliphatic heterocycles. The van der Waals surface area contributed by atoms with E-state index < -0.39 is 5.41 Å².